The number of rotatable bonds is 6. The molecule has 8 nitrogen and oxygen atoms in total. The largest absolute Gasteiger partial charge is 0.310 e. The summed E-state index contributed by atoms with van der Waals surface area (Å²) in [6, 6.07) is 8.60. The van der Waals surface area contributed by atoms with Crippen LogP contribution in [0.4, 0.5) is 0 Å². The number of fused-ring (bicyclic) bond motifs is 3. The number of imidazole rings is 1. The number of allylic oxidation sites excluding steroid dienone is 2. The molecule has 4 heterocycles. The van der Waals surface area contributed by atoms with Crippen LogP contribution in [0.25, 0.3) is 22.1 Å². The van der Waals surface area contributed by atoms with Crippen molar-refractivity contribution in [2.75, 3.05) is 11.6 Å². The first-order chi connectivity index (χ1) is 16.2. The van der Waals surface area contributed by atoms with E-state index in [1.165, 1.54) is 9.55 Å². The fraction of sp³-hybridized carbons (Fsp3) is 0.240. The van der Waals surface area contributed by atoms with E-state index in [0.29, 0.717) is 17.7 Å². The van der Waals surface area contributed by atoms with E-state index in [1.807, 2.05) is 23.9 Å². The minimum Gasteiger partial charge on any atom is -0.310 e. The molecule has 34 heavy (non-hydrogen) atoms. The van der Waals surface area contributed by atoms with Crippen LogP contribution in [-0.2, 0) is 10.0 Å². The third-order valence-corrected chi connectivity index (χ3v) is 7.81. The Kier molecular flexibility index (Phi) is 5.33. The van der Waals surface area contributed by atoms with Crippen molar-refractivity contribution in [3.8, 4) is 0 Å². The zero-order valence-corrected chi connectivity index (χ0v) is 20.2. The monoisotopic (exact) mass is 475 g/mol. The summed E-state index contributed by atoms with van der Waals surface area (Å²) >= 11 is 0. The highest BCUT2D eigenvalue weighted by Crippen LogP contribution is 2.28. The van der Waals surface area contributed by atoms with Gasteiger partial charge in [0.25, 0.3) is 10.0 Å². The molecule has 1 N–H and O–H groups in total. The first-order valence-electron chi connectivity index (χ1n) is 11.0. The summed E-state index contributed by atoms with van der Waals surface area (Å²) in [5.74, 6) is 0. The molecule has 5 rings (SSSR count). The van der Waals surface area contributed by atoms with Gasteiger partial charge in [0, 0.05) is 30.4 Å². The van der Waals surface area contributed by atoms with E-state index in [2.05, 4.69) is 47.3 Å². The van der Waals surface area contributed by atoms with E-state index in [9.17, 15) is 8.42 Å². The molecule has 0 spiro atoms. The average molecular weight is 476 g/mol. The van der Waals surface area contributed by atoms with Crippen molar-refractivity contribution in [3.63, 3.8) is 0 Å². The quantitative estimate of drug-likeness (QED) is 0.456. The summed E-state index contributed by atoms with van der Waals surface area (Å²) in [5, 5.41) is 5.89. The van der Waals surface area contributed by atoms with E-state index in [4.69, 9.17) is 0 Å². The molecule has 0 unspecified atom stereocenters. The van der Waals surface area contributed by atoms with Gasteiger partial charge in [0.2, 0.25) is 0 Å². The molecule has 175 valence electrons. The third kappa shape index (κ3) is 3.80. The Balaban J connectivity index is 1.57. The summed E-state index contributed by atoms with van der Waals surface area (Å²) in [4.78, 5) is 9.20. The summed E-state index contributed by atoms with van der Waals surface area (Å²) in [6.07, 6.45) is 11.9. The molecule has 4 aromatic rings. The Bertz CT molecular complexity index is 1540. The lowest BCUT2D eigenvalue weighted by Gasteiger charge is -2.31. The topological polar surface area (TPSA) is 85.1 Å². The van der Waals surface area contributed by atoms with Gasteiger partial charge in [0.15, 0.2) is 5.65 Å². The van der Waals surface area contributed by atoms with E-state index in [1.54, 1.807) is 49.1 Å². The average Bonchev–Trinajstić information content (AvgIpc) is 3.44. The van der Waals surface area contributed by atoms with E-state index in [0.717, 1.165) is 22.9 Å². The molecule has 1 aliphatic heterocycles. The number of benzene rings is 1. The van der Waals surface area contributed by atoms with Crippen LogP contribution in [0, 0.1) is 14.0 Å². The van der Waals surface area contributed by atoms with Crippen molar-refractivity contribution in [3.05, 3.63) is 85.6 Å². The van der Waals surface area contributed by atoms with Crippen molar-refractivity contribution in [1.82, 2.24) is 23.9 Å². The number of aryl methyl sites for hydroxylation is 1. The Morgan fingerprint density at radius 3 is 2.65 bits per heavy atom. The minimum absolute atomic E-state index is 0.127. The third-order valence-electron chi connectivity index (χ3n) is 6.13. The van der Waals surface area contributed by atoms with E-state index >= 15 is 0 Å². The van der Waals surface area contributed by atoms with Gasteiger partial charge < -0.3 is 5.32 Å². The van der Waals surface area contributed by atoms with Crippen molar-refractivity contribution in [2.45, 2.75) is 37.6 Å². The zero-order chi connectivity index (χ0) is 24.1. The molecule has 9 heteroatoms. The van der Waals surface area contributed by atoms with Gasteiger partial charge >= 0.3 is 0 Å². The second kappa shape index (κ2) is 8.11. The number of hydrogen-bond acceptors (Lipinski definition) is 6. The van der Waals surface area contributed by atoms with Gasteiger partial charge in [-0.05, 0) is 57.0 Å². The maximum Gasteiger partial charge on any atom is 0.269 e. The van der Waals surface area contributed by atoms with Crippen LogP contribution in [-0.4, -0.2) is 39.1 Å². The lowest BCUT2D eigenvalue weighted by Crippen LogP contribution is -2.38. The Hall–Kier alpha value is -3.43. The van der Waals surface area contributed by atoms with Crippen LogP contribution >= 0.6 is 0 Å². The van der Waals surface area contributed by atoms with Crippen molar-refractivity contribution < 1.29 is 8.42 Å². The van der Waals surface area contributed by atoms with Crippen LogP contribution in [0.2, 0.25) is 0 Å². The molecule has 0 amide bonds. The first-order valence-corrected chi connectivity index (χ1v) is 12.5. The second-order valence-electron chi connectivity index (χ2n) is 9.25. The minimum atomic E-state index is -3.79. The van der Waals surface area contributed by atoms with Crippen LogP contribution in [0.15, 0.2) is 77.9 Å². The molecule has 1 aliphatic rings. The lowest BCUT2D eigenvalue weighted by atomic mass is 9.94. The van der Waals surface area contributed by atoms with Crippen molar-refractivity contribution in [2.24, 2.45) is 0 Å². The molecule has 0 saturated carbocycles. The fourth-order valence-corrected chi connectivity index (χ4v) is 5.55. The zero-order valence-electron chi connectivity index (χ0n) is 19.4. The van der Waals surface area contributed by atoms with Crippen LogP contribution < -0.4 is 10.3 Å². The molecule has 3 aromatic heterocycles. The van der Waals surface area contributed by atoms with Crippen LogP contribution in [0.3, 0.4) is 0 Å². The smallest absolute Gasteiger partial charge is 0.269 e. The molecule has 0 bridgehead atoms. The molecular formula is C25H27N6O2S. The van der Waals surface area contributed by atoms with E-state index < -0.39 is 10.0 Å². The molecule has 1 radical (unpaired) electrons. The van der Waals surface area contributed by atoms with Gasteiger partial charge in [0.1, 0.15) is 17.4 Å². The maximum atomic E-state index is 13.3. The molecule has 1 aromatic carbocycles. The predicted molar refractivity (Wildman–Crippen MR) is 134 cm³/mol. The summed E-state index contributed by atoms with van der Waals surface area (Å²) in [5.41, 5.74) is 3.99. The first kappa shape index (κ1) is 22.4. The van der Waals surface area contributed by atoms with Crippen molar-refractivity contribution >= 4 is 32.1 Å². The highest BCUT2D eigenvalue weighted by atomic mass is 32.2. The van der Waals surface area contributed by atoms with Gasteiger partial charge in [-0.1, -0.05) is 23.8 Å². The summed E-state index contributed by atoms with van der Waals surface area (Å²) < 4.78 is 29.9. The van der Waals surface area contributed by atoms with E-state index in [-0.39, 0.29) is 10.4 Å². The number of nitrogens with one attached hydrogen (secondary N) is 1. The van der Waals surface area contributed by atoms with Crippen molar-refractivity contribution in [1.29, 1.82) is 0 Å². The summed E-state index contributed by atoms with van der Waals surface area (Å²) in [6.45, 7) is 6.83. The highest BCUT2D eigenvalue weighted by molar-refractivity contribution is 7.90. The van der Waals surface area contributed by atoms with Gasteiger partial charge in [-0.15, -0.1) is 0 Å². The predicted octanol–water partition coefficient (Wildman–Crippen LogP) is 3.87. The standard InChI is InChI=1S/C25H27N6O2S/c1-18-7-9-20(10-8-18)34(32,33)31-13-11-21-23-22(15-27-24(21)31)28-17-30(23)29-12-5-6-19(16-29)14-25(2,3)26-4/h5-13,15,17,26H,4,14,16H2,1-3H3. The Morgan fingerprint density at radius 2 is 1.91 bits per heavy atom. The summed E-state index contributed by atoms with van der Waals surface area (Å²) in [7, 11) is 0.0471. The highest BCUT2D eigenvalue weighted by Gasteiger charge is 2.24. The maximum absolute atomic E-state index is 13.3. The normalized spacial score (nSPS) is 14.8. The number of nitrogens with zero attached hydrogens (tertiary/aromatic N) is 5. The van der Waals surface area contributed by atoms with Crippen LogP contribution in [0.5, 0.6) is 0 Å². The molecule has 0 fully saturated rings. The van der Waals surface area contributed by atoms with Gasteiger partial charge in [-0.3, -0.25) is 5.01 Å². The number of pyridine rings is 1. The molecular weight excluding hydrogens is 448 g/mol. The van der Waals surface area contributed by atoms with Gasteiger partial charge in [-0.25, -0.2) is 27.0 Å². The Labute approximate surface area is 199 Å². The van der Waals surface area contributed by atoms with Gasteiger partial charge in [-0.2, -0.15) is 0 Å². The molecule has 0 atom stereocenters. The second-order valence-corrected chi connectivity index (χ2v) is 11.1. The Morgan fingerprint density at radius 1 is 1.15 bits per heavy atom. The number of hydrogen-bond donors (Lipinski definition) is 1. The lowest BCUT2D eigenvalue weighted by molar-refractivity contribution is 0.432. The van der Waals surface area contributed by atoms with Crippen LogP contribution in [0.1, 0.15) is 25.8 Å². The SMILES string of the molecule is [CH2]NC(C)(C)CC1=CC=CN(n2cnc3cnc4c(ccn4S(=O)(=O)c4ccc(C)cc4)c32)C1. The molecule has 0 saturated heterocycles. The fourth-order valence-electron chi connectivity index (χ4n) is 4.25. The van der Waals surface area contributed by atoms with Gasteiger partial charge in [0.05, 0.1) is 17.6 Å². The molecule has 0 aliphatic carbocycles. The number of aromatic nitrogens is 4.